The molecule has 0 bridgehead atoms. The summed E-state index contributed by atoms with van der Waals surface area (Å²) in [4.78, 5) is 7.95. The van der Waals surface area contributed by atoms with E-state index in [1.54, 1.807) is 12.1 Å². The second kappa shape index (κ2) is 4.50. The van der Waals surface area contributed by atoms with Gasteiger partial charge in [0, 0.05) is 11.9 Å². The van der Waals surface area contributed by atoms with Crippen molar-refractivity contribution in [2.45, 2.75) is 4.90 Å². The van der Waals surface area contributed by atoms with Gasteiger partial charge in [0.15, 0.2) is 9.84 Å². The number of hydrogen-bond donors (Lipinski definition) is 1. The highest BCUT2D eigenvalue weighted by Gasteiger charge is 2.07. The molecule has 6 heteroatoms. The Hall–Kier alpha value is -1.95. The van der Waals surface area contributed by atoms with Gasteiger partial charge < -0.3 is 5.32 Å². The Morgan fingerprint density at radius 3 is 2.53 bits per heavy atom. The minimum atomic E-state index is -3.25. The Bertz CT molecular complexity index is 594. The summed E-state index contributed by atoms with van der Waals surface area (Å²) in [5, 5.41) is 2.93. The maximum Gasteiger partial charge on any atom is 0.227 e. The Balaban J connectivity index is 2.20. The van der Waals surface area contributed by atoms with Crippen LogP contribution in [0.4, 0.5) is 11.6 Å². The van der Waals surface area contributed by atoms with E-state index in [4.69, 9.17) is 0 Å². The number of nitrogens with zero attached hydrogens (tertiary/aromatic N) is 2. The summed E-state index contributed by atoms with van der Waals surface area (Å²) in [7, 11) is -3.25. The lowest BCUT2D eigenvalue weighted by Crippen LogP contribution is -2.02. The van der Waals surface area contributed by atoms with E-state index in [-0.39, 0.29) is 4.90 Å². The molecule has 5 nitrogen and oxygen atoms in total. The quantitative estimate of drug-likeness (QED) is 0.889. The summed E-state index contributed by atoms with van der Waals surface area (Å²) in [6.07, 6.45) is 3.67. The van der Waals surface area contributed by atoms with Gasteiger partial charge in [0.1, 0.15) is 4.90 Å². The zero-order valence-corrected chi connectivity index (χ0v) is 9.90. The number of sulfone groups is 1. The topological polar surface area (TPSA) is 72.0 Å². The van der Waals surface area contributed by atoms with E-state index in [1.807, 2.05) is 12.1 Å². The van der Waals surface area contributed by atoms with E-state index in [1.165, 1.54) is 12.4 Å². The molecular weight excluding hydrogens is 238 g/mol. The van der Waals surface area contributed by atoms with Gasteiger partial charge in [-0.3, -0.25) is 0 Å². The summed E-state index contributed by atoms with van der Waals surface area (Å²) in [5.41, 5.74) is 0.791. The molecule has 0 atom stereocenters. The van der Waals surface area contributed by atoms with Crippen LogP contribution in [0, 0.1) is 6.07 Å². The molecule has 0 amide bonds. The van der Waals surface area contributed by atoms with Gasteiger partial charge in [-0.25, -0.2) is 18.4 Å². The van der Waals surface area contributed by atoms with Crippen LogP contribution < -0.4 is 5.32 Å². The maximum absolute atomic E-state index is 11.2. The monoisotopic (exact) mass is 248 g/mol. The smallest absolute Gasteiger partial charge is 0.227 e. The minimum absolute atomic E-state index is 0.0997. The van der Waals surface area contributed by atoms with Gasteiger partial charge in [0.05, 0.1) is 12.4 Å². The van der Waals surface area contributed by atoms with E-state index >= 15 is 0 Å². The van der Waals surface area contributed by atoms with E-state index in [0.29, 0.717) is 5.95 Å². The molecule has 1 N–H and O–H groups in total. The minimum Gasteiger partial charge on any atom is -0.324 e. The van der Waals surface area contributed by atoms with Gasteiger partial charge >= 0.3 is 0 Å². The average Bonchev–Trinajstić information content (AvgIpc) is 2.30. The van der Waals surface area contributed by atoms with E-state index in [0.717, 1.165) is 11.9 Å². The predicted molar refractivity (Wildman–Crippen MR) is 63.7 cm³/mol. The van der Waals surface area contributed by atoms with Crippen LogP contribution in [0.1, 0.15) is 0 Å². The van der Waals surface area contributed by atoms with Crippen molar-refractivity contribution in [1.82, 2.24) is 9.97 Å². The lowest BCUT2D eigenvalue weighted by atomic mass is 10.3. The van der Waals surface area contributed by atoms with Crippen molar-refractivity contribution in [3.05, 3.63) is 42.7 Å². The SMILES string of the molecule is CS(=O)(=O)c1cnc(Nc2c[c]ccc2)nc1. The van der Waals surface area contributed by atoms with Crippen molar-refractivity contribution in [3.63, 3.8) is 0 Å². The molecule has 0 saturated carbocycles. The highest BCUT2D eigenvalue weighted by atomic mass is 32.2. The van der Waals surface area contributed by atoms with Crippen molar-refractivity contribution < 1.29 is 8.42 Å². The van der Waals surface area contributed by atoms with Gasteiger partial charge in [0.2, 0.25) is 5.95 Å². The summed E-state index contributed by atoms with van der Waals surface area (Å²) < 4.78 is 22.4. The Morgan fingerprint density at radius 2 is 2.00 bits per heavy atom. The van der Waals surface area contributed by atoms with Gasteiger partial charge in [-0.15, -0.1) is 0 Å². The standard InChI is InChI=1S/C11H10N3O2S/c1-17(15,16)10-7-12-11(13-8-10)14-9-5-3-2-4-6-9/h2-3,5-8H,1H3,(H,12,13,14). The van der Waals surface area contributed by atoms with Crippen LogP contribution in [0.25, 0.3) is 0 Å². The fourth-order valence-corrected chi connectivity index (χ4v) is 1.66. The third-order valence-corrected chi connectivity index (χ3v) is 3.09. The highest BCUT2D eigenvalue weighted by molar-refractivity contribution is 7.90. The fraction of sp³-hybridized carbons (Fsp3) is 0.0909. The number of rotatable bonds is 3. The van der Waals surface area contributed by atoms with Crippen molar-refractivity contribution >= 4 is 21.5 Å². The second-order valence-corrected chi connectivity index (χ2v) is 5.45. The third-order valence-electron chi connectivity index (χ3n) is 2.02. The number of nitrogens with one attached hydrogen (secondary N) is 1. The molecule has 2 rings (SSSR count). The molecule has 1 radical (unpaired) electrons. The van der Waals surface area contributed by atoms with Crippen LogP contribution in [0.5, 0.6) is 0 Å². The molecule has 1 heterocycles. The van der Waals surface area contributed by atoms with Crippen LogP contribution >= 0.6 is 0 Å². The van der Waals surface area contributed by atoms with Crippen LogP contribution in [0.2, 0.25) is 0 Å². The van der Waals surface area contributed by atoms with E-state index < -0.39 is 9.84 Å². The normalized spacial score (nSPS) is 11.1. The lowest BCUT2D eigenvalue weighted by Gasteiger charge is -2.04. The summed E-state index contributed by atoms with van der Waals surface area (Å²) in [6, 6.07) is 10.1. The predicted octanol–water partition coefficient (Wildman–Crippen LogP) is 1.42. The van der Waals surface area contributed by atoms with Crippen molar-refractivity contribution in [1.29, 1.82) is 0 Å². The van der Waals surface area contributed by atoms with Gasteiger partial charge in [-0.2, -0.15) is 0 Å². The second-order valence-electron chi connectivity index (χ2n) is 3.43. The third kappa shape index (κ3) is 3.01. The molecular formula is C11H10N3O2S. The van der Waals surface area contributed by atoms with Crippen LogP contribution in [0.15, 0.2) is 41.6 Å². The Morgan fingerprint density at radius 1 is 1.29 bits per heavy atom. The first-order valence-electron chi connectivity index (χ1n) is 4.81. The van der Waals surface area contributed by atoms with Crippen molar-refractivity contribution in [3.8, 4) is 0 Å². The molecule has 87 valence electrons. The first-order valence-corrected chi connectivity index (χ1v) is 6.70. The molecule has 1 aromatic carbocycles. The number of anilines is 2. The molecule has 1 aromatic heterocycles. The van der Waals surface area contributed by atoms with Gasteiger partial charge in [-0.1, -0.05) is 12.1 Å². The first-order chi connectivity index (χ1) is 8.05. The Labute approximate surface area is 99.5 Å². The number of aromatic nitrogens is 2. The summed E-state index contributed by atoms with van der Waals surface area (Å²) in [6.45, 7) is 0. The molecule has 2 aromatic rings. The van der Waals surface area contributed by atoms with Crippen LogP contribution in [-0.2, 0) is 9.84 Å². The van der Waals surface area contributed by atoms with Crippen molar-refractivity contribution in [2.75, 3.05) is 11.6 Å². The van der Waals surface area contributed by atoms with Crippen LogP contribution in [-0.4, -0.2) is 24.6 Å². The molecule has 0 aliphatic heterocycles. The molecule has 0 unspecified atom stereocenters. The number of benzene rings is 1. The fourth-order valence-electron chi connectivity index (χ4n) is 1.17. The summed E-state index contributed by atoms with van der Waals surface area (Å²) >= 11 is 0. The van der Waals surface area contributed by atoms with Crippen LogP contribution in [0.3, 0.4) is 0 Å². The zero-order valence-electron chi connectivity index (χ0n) is 9.08. The van der Waals surface area contributed by atoms with E-state index in [9.17, 15) is 8.42 Å². The molecule has 0 aliphatic carbocycles. The molecule has 0 fully saturated rings. The first kappa shape index (κ1) is 11.5. The van der Waals surface area contributed by atoms with Gasteiger partial charge in [0.25, 0.3) is 0 Å². The summed E-state index contributed by atoms with van der Waals surface area (Å²) in [5.74, 6) is 0.344. The molecule has 0 aliphatic rings. The highest BCUT2D eigenvalue weighted by Crippen LogP contribution is 2.12. The lowest BCUT2D eigenvalue weighted by molar-refractivity contribution is 0.601. The maximum atomic E-state index is 11.2. The van der Waals surface area contributed by atoms with Crippen molar-refractivity contribution in [2.24, 2.45) is 0 Å². The molecule has 0 spiro atoms. The molecule has 0 saturated heterocycles. The zero-order chi connectivity index (χ0) is 12.3. The Kier molecular flexibility index (Phi) is 3.06. The number of hydrogen-bond acceptors (Lipinski definition) is 5. The van der Waals surface area contributed by atoms with Gasteiger partial charge in [-0.05, 0) is 18.2 Å². The van der Waals surface area contributed by atoms with E-state index in [2.05, 4.69) is 21.4 Å². The largest absolute Gasteiger partial charge is 0.324 e. The molecule has 17 heavy (non-hydrogen) atoms. The average molecular weight is 248 g/mol.